The average Bonchev–Trinajstić information content (AvgIpc) is 2.95. The number of nitrogens with one attached hydrogen (secondary N) is 1. The van der Waals surface area contributed by atoms with Crippen molar-refractivity contribution in [1.29, 1.82) is 0 Å². The first-order valence-electron chi connectivity index (χ1n) is 7.74. The summed E-state index contributed by atoms with van der Waals surface area (Å²) >= 11 is 1.39. The molecule has 1 N–H and O–H groups in total. The van der Waals surface area contributed by atoms with Crippen LogP contribution in [0.4, 0.5) is 5.13 Å². The van der Waals surface area contributed by atoms with Crippen LogP contribution in [0.3, 0.4) is 0 Å². The van der Waals surface area contributed by atoms with Gasteiger partial charge in [0, 0.05) is 11.1 Å². The van der Waals surface area contributed by atoms with E-state index in [0.29, 0.717) is 10.7 Å². The standard InChI is InChI=1S/C19H19N3OS/c1-11-5-7-15(8-6-11)17(23)20-19-22-21-18(24-19)16-13(3)9-12(2)10-14(16)4/h5-10H,1-4H3,(H,20,22,23). The molecule has 0 fully saturated rings. The number of aromatic nitrogens is 2. The lowest BCUT2D eigenvalue weighted by Gasteiger charge is -2.07. The Kier molecular flexibility index (Phi) is 4.44. The molecule has 0 aliphatic heterocycles. The third-order valence-corrected chi connectivity index (χ3v) is 4.71. The normalized spacial score (nSPS) is 10.7. The van der Waals surface area contributed by atoms with Gasteiger partial charge in [0.1, 0.15) is 5.01 Å². The Morgan fingerprint density at radius 2 is 1.54 bits per heavy atom. The fourth-order valence-corrected chi connectivity index (χ4v) is 3.68. The molecule has 0 aliphatic carbocycles. The number of rotatable bonds is 3. The van der Waals surface area contributed by atoms with Crippen LogP contribution >= 0.6 is 11.3 Å². The smallest absolute Gasteiger partial charge is 0.257 e. The number of carbonyl (C=O) groups is 1. The molecule has 24 heavy (non-hydrogen) atoms. The van der Waals surface area contributed by atoms with Crippen molar-refractivity contribution in [2.24, 2.45) is 0 Å². The second kappa shape index (κ2) is 6.53. The lowest BCUT2D eigenvalue weighted by Crippen LogP contribution is -2.11. The summed E-state index contributed by atoms with van der Waals surface area (Å²) in [6, 6.07) is 11.7. The molecule has 0 radical (unpaired) electrons. The van der Waals surface area contributed by atoms with Crippen LogP contribution in [0.2, 0.25) is 0 Å². The number of anilines is 1. The first-order valence-corrected chi connectivity index (χ1v) is 8.55. The van der Waals surface area contributed by atoms with E-state index in [1.165, 1.54) is 28.0 Å². The van der Waals surface area contributed by atoms with E-state index in [2.05, 4.69) is 48.4 Å². The number of carbonyl (C=O) groups excluding carboxylic acids is 1. The molecule has 0 unspecified atom stereocenters. The zero-order valence-electron chi connectivity index (χ0n) is 14.2. The fraction of sp³-hybridized carbons (Fsp3) is 0.211. The predicted octanol–water partition coefficient (Wildman–Crippen LogP) is 4.69. The van der Waals surface area contributed by atoms with Crippen molar-refractivity contribution in [1.82, 2.24) is 10.2 Å². The summed E-state index contributed by atoms with van der Waals surface area (Å²) in [5, 5.41) is 12.5. The van der Waals surface area contributed by atoms with Gasteiger partial charge in [-0.25, -0.2) is 0 Å². The van der Waals surface area contributed by atoms with E-state index in [0.717, 1.165) is 16.1 Å². The van der Waals surface area contributed by atoms with Gasteiger partial charge in [-0.15, -0.1) is 10.2 Å². The van der Waals surface area contributed by atoms with E-state index in [9.17, 15) is 4.79 Å². The largest absolute Gasteiger partial charge is 0.296 e. The topological polar surface area (TPSA) is 54.9 Å². The minimum Gasteiger partial charge on any atom is -0.296 e. The molecule has 0 saturated carbocycles. The van der Waals surface area contributed by atoms with Gasteiger partial charge in [-0.1, -0.05) is 46.7 Å². The minimum atomic E-state index is -0.171. The molecule has 1 heterocycles. The molecule has 5 heteroatoms. The van der Waals surface area contributed by atoms with Gasteiger partial charge in [-0.2, -0.15) is 0 Å². The summed E-state index contributed by atoms with van der Waals surface area (Å²) in [4.78, 5) is 12.3. The maximum Gasteiger partial charge on any atom is 0.257 e. The van der Waals surface area contributed by atoms with E-state index < -0.39 is 0 Å². The van der Waals surface area contributed by atoms with Crippen LogP contribution in [0, 0.1) is 27.7 Å². The van der Waals surface area contributed by atoms with Gasteiger partial charge >= 0.3 is 0 Å². The van der Waals surface area contributed by atoms with Crippen molar-refractivity contribution < 1.29 is 4.79 Å². The SMILES string of the molecule is Cc1ccc(C(=O)Nc2nnc(-c3c(C)cc(C)cc3C)s2)cc1. The van der Waals surface area contributed by atoms with E-state index >= 15 is 0 Å². The summed E-state index contributed by atoms with van der Waals surface area (Å²) in [7, 11) is 0. The Balaban J connectivity index is 1.84. The van der Waals surface area contributed by atoms with Crippen LogP contribution in [0.1, 0.15) is 32.6 Å². The van der Waals surface area contributed by atoms with Gasteiger partial charge in [-0.3, -0.25) is 10.1 Å². The zero-order valence-corrected chi connectivity index (χ0v) is 15.0. The molecule has 0 spiro atoms. The number of nitrogens with zero attached hydrogens (tertiary/aromatic N) is 2. The van der Waals surface area contributed by atoms with E-state index in [4.69, 9.17) is 0 Å². The van der Waals surface area contributed by atoms with Gasteiger partial charge in [0.25, 0.3) is 5.91 Å². The molecule has 3 aromatic rings. The summed E-state index contributed by atoms with van der Waals surface area (Å²) in [6.07, 6.45) is 0. The monoisotopic (exact) mass is 337 g/mol. The molecule has 1 aromatic heterocycles. The van der Waals surface area contributed by atoms with Crippen molar-refractivity contribution in [3.05, 3.63) is 64.2 Å². The fourth-order valence-electron chi connectivity index (χ4n) is 2.77. The summed E-state index contributed by atoms with van der Waals surface area (Å²) in [5.41, 5.74) is 6.38. The van der Waals surface area contributed by atoms with Gasteiger partial charge in [0.05, 0.1) is 0 Å². The van der Waals surface area contributed by atoms with Crippen molar-refractivity contribution in [2.75, 3.05) is 5.32 Å². The van der Waals surface area contributed by atoms with Gasteiger partial charge in [0.15, 0.2) is 0 Å². The second-order valence-corrected chi connectivity index (χ2v) is 6.98. The lowest BCUT2D eigenvalue weighted by molar-refractivity contribution is 0.102. The highest BCUT2D eigenvalue weighted by molar-refractivity contribution is 7.18. The second-order valence-electron chi connectivity index (χ2n) is 6.01. The number of hydrogen-bond acceptors (Lipinski definition) is 4. The van der Waals surface area contributed by atoms with Crippen LogP contribution in [0.5, 0.6) is 0 Å². The number of amides is 1. The maximum atomic E-state index is 12.3. The van der Waals surface area contributed by atoms with Crippen LogP contribution in [0.25, 0.3) is 10.6 Å². The highest BCUT2D eigenvalue weighted by atomic mass is 32.1. The summed E-state index contributed by atoms with van der Waals surface area (Å²) in [5.74, 6) is -0.171. The molecule has 0 atom stereocenters. The lowest BCUT2D eigenvalue weighted by atomic mass is 10.0. The number of hydrogen-bond donors (Lipinski definition) is 1. The average molecular weight is 337 g/mol. The summed E-state index contributed by atoms with van der Waals surface area (Å²) in [6.45, 7) is 8.21. The van der Waals surface area contributed by atoms with Gasteiger partial charge in [0.2, 0.25) is 5.13 Å². The molecule has 2 aromatic carbocycles. The highest BCUT2D eigenvalue weighted by Gasteiger charge is 2.14. The molecule has 0 aliphatic rings. The van der Waals surface area contributed by atoms with Crippen LogP contribution < -0.4 is 5.32 Å². The molecule has 1 amide bonds. The Bertz CT molecular complexity index is 874. The van der Waals surface area contributed by atoms with Gasteiger partial charge < -0.3 is 0 Å². The minimum absolute atomic E-state index is 0.171. The van der Waals surface area contributed by atoms with E-state index in [1.54, 1.807) is 12.1 Å². The molecule has 4 nitrogen and oxygen atoms in total. The van der Waals surface area contributed by atoms with Crippen molar-refractivity contribution in [3.63, 3.8) is 0 Å². The van der Waals surface area contributed by atoms with Crippen LogP contribution in [-0.2, 0) is 0 Å². The quantitative estimate of drug-likeness (QED) is 0.754. The predicted molar refractivity (Wildman–Crippen MR) is 98.7 cm³/mol. The van der Waals surface area contributed by atoms with Crippen LogP contribution in [-0.4, -0.2) is 16.1 Å². The van der Waals surface area contributed by atoms with E-state index in [1.807, 2.05) is 19.1 Å². The molecular formula is C19H19N3OS. The van der Waals surface area contributed by atoms with Crippen molar-refractivity contribution >= 4 is 22.4 Å². The Hall–Kier alpha value is -2.53. The van der Waals surface area contributed by atoms with Crippen molar-refractivity contribution in [3.8, 4) is 10.6 Å². The molecule has 122 valence electrons. The van der Waals surface area contributed by atoms with E-state index in [-0.39, 0.29) is 5.91 Å². The third-order valence-electron chi connectivity index (χ3n) is 3.85. The molecular weight excluding hydrogens is 318 g/mol. The Morgan fingerprint density at radius 3 is 2.17 bits per heavy atom. The Morgan fingerprint density at radius 1 is 0.917 bits per heavy atom. The third kappa shape index (κ3) is 3.36. The molecule has 0 bridgehead atoms. The van der Waals surface area contributed by atoms with Gasteiger partial charge in [-0.05, 0) is 51.0 Å². The van der Waals surface area contributed by atoms with Crippen LogP contribution in [0.15, 0.2) is 36.4 Å². The molecule has 0 saturated heterocycles. The maximum absolute atomic E-state index is 12.3. The molecule has 3 rings (SSSR count). The highest BCUT2D eigenvalue weighted by Crippen LogP contribution is 2.32. The van der Waals surface area contributed by atoms with Crippen molar-refractivity contribution in [2.45, 2.75) is 27.7 Å². The Labute approximate surface area is 145 Å². The zero-order chi connectivity index (χ0) is 17.3. The number of aryl methyl sites for hydroxylation is 4. The summed E-state index contributed by atoms with van der Waals surface area (Å²) < 4.78 is 0. The number of benzene rings is 2. The first-order chi connectivity index (χ1) is 11.4. The first kappa shape index (κ1) is 16.3.